The van der Waals surface area contributed by atoms with Crippen LogP contribution >= 0.6 is 0 Å². The molecular weight excluding hydrogens is 186 g/mol. The van der Waals surface area contributed by atoms with Gasteiger partial charge in [0, 0.05) is 24.0 Å². The summed E-state index contributed by atoms with van der Waals surface area (Å²) >= 11 is 0. The predicted molar refractivity (Wildman–Crippen MR) is 64.9 cm³/mol. The maximum Gasteiger partial charge on any atom is 0.0684 e. The molecule has 1 aliphatic heterocycles. The molecule has 3 heteroatoms. The van der Waals surface area contributed by atoms with Crippen molar-refractivity contribution in [2.45, 2.75) is 25.8 Å². The van der Waals surface area contributed by atoms with E-state index in [4.69, 9.17) is 5.73 Å². The Morgan fingerprint density at radius 3 is 2.80 bits per heavy atom. The lowest BCUT2D eigenvalue weighted by molar-refractivity contribution is 0.551. The van der Waals surface area contributed by atoms with E-state index in [9.17, 15) is 0 Å². The fraction of sp³-hybridized carbons (Fsp3) is 0.500. The van der Waals surface area contributed by atoms with Gasteiger partial charge in [-0.05, 0) is 44.0 Å². The first-order valence-corrected chi connectivity index (χ1v) is 5.59. The van der Waals surface area contributed by atoms with Gasteiger partial charge in [-0.25, -0.2) is 0 Å². The van der Waals surface area contributed by atoms with Crippen LogP contribution in [0.2, 0.25) is 0 Å². The van der Waals surface area contributed by atoms with Gasteiger partial charge in [0.05, 0.1) is 6.67 Å². The Bertz CT molecular complexity index is 307. The second-order valence-corrected chi connectivity index (χ2v) is 4.26. The average molecular weight is 205 g/mol. The standard InChI is InChI=1S/C12H19N3/c1-10-3-2-8-15(9-14-10)12-6-4-11(13)5-7-12/h4-7,10,14H,2-3,8-9,13H2,1H3. The van der Waals surface area contributed by atoms with Crippen molar-refractivity contribution in [2.24, 2.45) is 0 Å². The minimum Gasteiger partial charge on any atom is -0.399 e. The second-order valence-electron chi connectivity index (χ2n) is 4.26. The van der Waals surface area contributed by atoms with E-state index in [1.54, 1.807) is 0 Å². The summed E-state index contributed by atoms with van der Waals surface area (Å²) in [4.78, 5) is 2.36. The van der Waals surface area contributed by atoms with E-state index < -0.39 is 0 Å². The lowest BCUT2D eigenvalue weighted by Gasteiger charge is -2.23. The number of hydrogen-bond donors (Lipinski definition) is 2. The molecule has 0 spiro atoms. The number of nitrogens with one attached hydrogen (secondary N) is 1. The maximum absolute atomic E-state index is 5.67. The quantitative estimate of drug-likeness (QED) is 0.687. The van der Waals surface area contributed by atoms with Crippen molar-refractivity contribution in [3.8, 4) is 0 Å². The highest BCUT2D eigenvalue weighted by atomic mass is 15.2. The summed E-state index contributed by atoms with van der Waals surface area (Å²) in [5, 5.41) is 3.50. The zero-order valence-corrected chi connectivity index (χ0v) is 9.24. The van der Waals surface area contributed by atoms with Gasteiger partial charge in [0.1, 0.15) is 0 Å². The summed E-state index contributed by atoms with van der Waals surface area (Å²) in [5.74, 6) is 0. The fourth-order valence-electron chi connectivity index (χ4n) is 1.94. The van der Waals surface area contributed by atoms with E-state index >= 15 is 0 Å². The van der Waals surface area contributed by atoms with Crippen molar-refractivity contribution in [1.82, 2.24) is 5.32 Å². The molecular formula is C12H19N3. The van der Waals surface area contributed by atoms with Crippen LogP contribution in [0.5, 0.6) is 0 Å². The highest BCUT2D eigenvalue weighted by Gasteiger charge is 2.12. The van der Waals surface area contributed by atoms with Crippen molar-refractivity contribution >= 4 is 11.4 Å². The Hall–Kier alpha value is -1.22. The normalized spacial score (nSPS) is 22.5. The monoisotopic (exact) mass is 205 g/mol. The number of anilines is 2. The largest absolute Gasteiger partial charge is 0.399 e. The minimum atomic E-state index is 0.629. The fourth-order valence-corrected chi connectivity index (χ4v) is 1.94. The molecule has 1 unspecified atom stereocenters. The molecule has 0 amide bonds. The smallest absolute Gasteiger partial charge is 0.0684 e. The van der Waals surface area contributed by atoms with Gasteiger partial charge in [0.2, 0.25) is 0 Å². The first kappa shape index (κ1) is 10.3. The molecule has 1 heterocycles. The molecule has 0 aromatic heterocycles. The second kappa shape index (κ2) is 4.53. The van der Waals surface area contributed by atoms with E-state index in [1.165, 1.54) is 18.5 Å². The number of benzene rings is 1. The van der Waals surface area contributed by atoms with E-state index in [-0.39, 0.29) is 0 Å². The molecule has 1 aromatic rings. The van der Waals surface area contributed by atoms with E-state index in [1.807, 2.05) is 12.1 Å². The lowest BCUT2D eigenvalue weighted by atomic mass is 10.2. The van der Waals surface area contributed by atoms with Crippen LogP contribution in [0.25, 0.3) is 0 Å². The van der Waals surface area contributed by atoms with Crippen molar-refractivity contribution in [1.29, 1.82) is 0 Å². The van der Waals surface area contributed by atoms with Gasteiger partial charge in [0.25, 0.3) is 0 Å². The van der Waals surface area contributed by atoms with Crippen LogP contribution in [0, 0.1) is 0 Å². The molecule has 2 rings (SSSR count). The molecule has 1 aromatic carbocycles. The third-order valence-corrected chi connectivity index (χ3v) is 2.95. The van der Waals surface area contributed by atoms with Crippen LogP contribution < -0.4 is 16.0 Å². The van der Waals surface area contributed by atoms with E-state index in [0.717, 1.165) is 18.9 Å². The minimum absolute atomic E-state index is 0.629. The molecule has 1 fully saturated rings. The van der Waals surface area contributed by atoms with Crippen molar-refractivity contribution in [3.05, 3.63) is 24.3 Å². The molecule has 1 aliphatic rings. The Morgan fingerprint density at radius 2 is 2.07 bits per heavy atom. The Labute approximate surface area is 91.3 Å². The predicted octanol–water partition coefficient (Wildman–Crippen LogP) is 1.80. The molecule has 3 N–H and O–H groups in total. The highest BCUT2D eigenvalue weighted by molar-refractivity contribution is 5.53. The zero-order chi connectivity index (χ0) is 10.7. The van der Waals surface area contributed by atoms with Gasteiger partial charge in [-0.1, -0.05) is 0 Å². The topological polar surface area (TPSA) is 41.3 Å². The van der Waals surface area contributed by atoms with Gasteiger partial charge >= 0.3 is 0 Å². The first-order chi connectivity index (χ1) is 7.25. The third kappa shape index (κ3) is 2.63. The Morgan fingerprint density at radius 1 is 1.33 bits per heavy atom. The molecule has 3 nitrogen and oxygen atoms in total. The summed E-state index contributed by atoms with van der Waals surface area (Å²) in [7, 11) is 0. The number of nitrogen functional groups attached to an aromatic ring is 1. The number of nitrogens with two attached hydrogens (primary N) is 1. The lowest BCUT2D eigenvalue weighted by Crippen LogP contribution is -2.35. The molecule has 0 radical (unpaired) electrons. The van der Waals surface area contributed by atoms with Crippen LogP contribution in [0.3, 0.4) is 0 Å². The summed E-state index contributed by atoms with van der Waals surface area (Å²) in [5.41, 5.74) is 7.76. The summed E-state index contributed by atoms with van der Waals surface area (Å²) < 4.78 is 0. The van der Waals surface area contributed by atoms with E-state index in [2.05, 4.69) is 29.3 Å². The van der Waals surface area contributed by atoms with Gasteiger partial charge in [-0.15, -0.1) is 0 Å². The van der Waals surface area contributed by atoms with Crippen LogP contribution in [0.15, 0.2) is 24.3 Å². The molecule has 1 atom stereocenters. The molecule has 0 saturated carbocycles. The number of hydrogen-bond acceptors (Lipinski definition) is 3. The van der Waals surface area contributed by atoms with Crippen LogP contribution in [-0.2, 0) is 0 Å². The molecule has 82 valence electrons. The van der Waals surface area contributed by atoms with Gasteiger partial charge < -0.3 is 10.6 Å². The van der Waals surface area contributed by atoms with Crippen LogP contribution in [0.1, 0.15) is 19.8 Å². The van der Waals surface area contributed by atoms with Crippen molar-refractivity contribution < 1.29 is 0 Å². The highest BCUT2D eigenvalue weighted by Crippen LogP contribution is 2.18. The zero-order valence-electron chi connectivity index (χ0n) is 9.24. The number of nitrogens with zero attached hydrogens (tertiary/aromatic N) is 1. The van der Waals surface area contributed by atoms with Gasteiger partial charge in [0.15, 0.2) is 0 Å². The van der Waals surface area contributed by atoms with Crippen LogP contribution in [-0.4, -0.2) is 19.3 Å². The third-order valence-electron chi connectivity index (χ3n) is 2.95. The van der Waals surface area contributed by atoms with Gasteiger partial charge in [-0.3, -0.25) is 5.32 Å². The SMILES string of the molecule is CC1CCCN(c2ccc(N)cc2)CN1. The van der Waals surface area contributed by atoms with Gasteiger partial charge in [-0.2, -0.15) is 0 Å². The summed E-state index contributed by atoms with van der Waals surface area (Å²) in [6.45, 7) is 4.30. The molecule has 0 aliphatic carbocycles. The Kier molecular flexibility index (Phi) is 3.11. The van der Waals surface area contributed by atoms with Crippen molar-refractivity contribution in [3.63, 3.8) is 0 Å². The average Bonchev–Trinajstić information content (AvgIpc) is 2.44. The maximum atomic E-state index is 5.67. The number of rotatable bonds is 1. The van der Waals surface area contributed by atoms with Crippen molar-refractivity contribution in [2.75, 3.05) is 23.8 Å². The first-order valence-electron chi connectivity index (χ1n) is 5.59. The van der Waals surface area contributed by atoms with Crippen LogP contribution in [0.4, 0.5) is 11.4 Å². The van der Waals surface area contributed by atoms with E-state index in [0.29, 0.717) is 6.04 Å². The summed E-state index contributed by atoms with van der Waals surface area (Å²) in [6.07, 6.45) is 2.50. The molecule has 1 saturated heterocycles. The molecule has 15 heavy (non-hydrogen) atoms. The Balaban J connectivity index is 2.06. The summed E-state index contributed by atoms with van der Waals surface area (Å²) in [6, 6.07) is 8.73. The molecule has 0 bridgehead atoms.